The normalized spacial score (nSPS) is 15.7. The van der Waals surface area contributed by atoms with Gasteiger partial charge in [-0.05, 0) is 36.5 Å². The number of fused-ring (bicyclic) bond motifs is 1. The molecule has 0 unspecified atom stereocenters. The standard InChI is InChI=1S/C11H10N2O2/c14-11(15)9-8(6-3-4-6)7-2-1-5-12-10(7)13-9/h1-2,5-6H,3-4H2,(H,12,13)(H,14,15). The molecule has 2 aromatic rings. The van der Waals surface area contributed by atoms with Crippen molar-refractivity contribution in [3.8, 4) is 0 Å². The van der Waals surface area contributed by atoms with Crippen LogP contribution in [0, 0.1) is 0 Å². The van der Waals surface area contributed by atoms with Gasteiger partial charge in [-0.3, -0.25) is 0 Å². The average Bonchev–Trinajstić information content (AvgIpc) is 2.98. The quantitative estimate of drug-likeness (QED) is 0.784. The lowest BCUT2D eigenvalue weighted by atomic mass is 10.1. The fraction of sp³-hybridized carbons (Fsp3) is 0.273. The molecule has 0 amide bonds. The van der Waals surface area contributed by atoms with Crippen LogP contribution in [0.15, 0.2) is 18.3 Å². The van der Waals surface area contributed by atoms with Crippen molar-refractivity contribution in [3.05, 3.63) is 29.6 Å². The van der Waals surface area contributed by atoms with E-state index in [9.17, 15) is 4.79 Å². The zero-order valence-electron chi connectivity index (χ0n) is 8.03. The number of aromatic amines is 1. The Morgan fingerprint density at radius 1 is 1.53 bits per heavy atom. The summed E-state index contributed by atoms with van der Waals surface area (Å²) < 4.78 is 0. The first kappa shape index (κ1) is 8.47. The molecule has 15 heavy (non-hydrogen) atoms. The molecule has 2 N–H and O–H groups in total. The molecule has 1 saturated carbocycles. The highest BCUT2D eigenvalue weighted by molar-refractivity contribution is 5.96. The van der Waals surface area contributed by atoms with Crippen molar-refractivity contribution in [1.82, 2.24) is 9.97 Å². The lowest BCUT2D eigenvalue weighted by Gasteiger charge is -1.96. The molecular formula is C11H10N2O2. The predicted molar refractivity (Wildman–Crippen MR) is 55.0 cm³/mol. The first-order valence-corrected chi connectivity index (χ1v) is 4.97. The van der Waals surface area contributed by atoms with Crippen molar-refractivity contribution >= 4 is 17.0 Å². The fourth-order valence-electron chi connectivity index (χ4n) is 2.01. The molecule has 0 aromatic carbocycles. The van der Waals surface area contributed by atoms with Crippen LogP contribution in [-0.4, -0.2) is 21.0 Å². The van der Waals surface area contributed by atoms with Crippen LogP contribution in [-0.2, 0) is 0 Å². The van der Waals surface area contributed by atoms with E-state index in [1.165, 1.54) is 0 Å². The van der Waals surface area contributed by atoms with Gasteiger partial charge in [0.25, 0.3) is 0 Å². The highest BCUT2D eigenvalue weighted by atomic mass is 16.4. The Kier molecular flexibility index (Phi) is 1.59. The largest absolute Gasteiger partial charge is 0.477 e. The van der Waals surface area contributed by atoms with Gasteiger partial charge in [-0.1, -0.05) is 0 Å². The molecular weight excluding hydrogens is 192 g/mol. The van der Waals surface area contributed by atoms with Gasteiger partial charge in [0.2, 0.25) is 0 Å². The zero-order chi connectivity index (χ0) is 10.4. The Labute approximate surface area is 86.0 Å². The number of rotatable bonds is 2. The Balaban J connectivity index is 2.33. The summed E-state index contributed by atoms with van der Waals surface area (Å²) >= 11 is 0. The second-order valence-electron chi connectivity index (χ2n) is 3.89. The maximum Gasteiger partial charge on any atom is 0.352 e. The van der Waals surface area contributed by atoms with Gasteiger partial charge in [0, 0.05) is 11.6 Å². The molecule has 76 valence electrons. The summed E-state index contributed by atoms with van der Waals surface area (Å²) in [6.07, 6.45) is 3.84. The minimum absolute atomic E-state index is 0.311. The van der Waals surface area contributed by atoms with Crippen LogP contribution in [0.5, 0.6) is 0 Å². The van der Waals surface area contributed by atoms with Crippen LogP contribution in [0.25, 0.3) is 11.0 Å². The van der Waals surface area contributed by atoms with Crippen molar-refractivity contribution in [2.24, 2.45) is 0 Å². The zero-order valence-corrected chi connectivity index (χ0v) is 8.03. The van der Waals surface area contributed by atoms with Gasteiger partial charge in [-0.2, -0.15) is 0 Å². The molecule has 2 heterocycles. The van der Waals surface area contributed by atoms with Crippen molar-refractivity contribution in [1.29, 1.82) is 0 Å². The van der Waals surface area contributed by atoms with Crippen LogP contribution in [0.3, 0.4) is 0 Å². The van der Waals surface area contributed by atoms with Crippen molar-refractivity contribution in [2.45, 2.75) is 18.8 Å². The number of H-pyrrole nitrogens is 1. The number of pyridine rings is 1. The van der Waals surface area contributed by atoms with E-state index < -0.39 is 5.97 Å². The number of carboxylic acids is 1. The summed E-state index contributed by atoms with van der Waals surface area (Å²) in [6.45, 7) is 0. The summed E-state index contributed by atoms with van der Waals surface area (Å²) in [7, 11) is 0. The van der Waals surface area contributed by atoms with Gasteiger partial charge >= 0.3 is 5.97 Å². The number of aromatic carboxylic acids is 1. The van der Waals surface area contributed by atoms with Crippen LogP contribution < -0.4 is 0 Å². The third-order valence-corrected chi connectivity index (χ3v) is 2.81. The number of nitrogens with one attached hydrogen (secondary N) is 1. The second kappa shape index (κ2) is 2.82. The maximum absolute atomic E-state index is 11.1. The number of nitrogens with zero attached hydrogens (tertiary/aromatic N) is 1. The highest BCUT2D eigenvalue weighted by Gasteiger charge is 2.31. The molecule has 1 aliphatic carbocycles. The van der Waals surface area contributed by atoms with Crippen LogP contribution in [0.1, 0.15) is 34.8 Å². The van der Waals surface area contributed by atoms with E-state index in [0.29, 0.717) is 17.3 Å². The van der Waals surface area contributed by atoms with E-state index in [-0.39, 0.29) is 0 Å². The van der Waals surface area contributed by atoms with Gasteiger partial charge < -0.3 is 10.1 Å². The van der Waals surface area contributed by atoms with Crippen molar-refractivity contribution in [2.75, 3.05) is 0 Å². The molecule has 4 heteroatoms. The Bertz CT molecular complexity index is 541. The smallest absolute Gasteiger partial charge is 0.352 e. The Hall–Kier alpha value is -1.84. The van der Waals surface area contributed by atoms with Gasteiger partial charge in [-0.15, -0.1) is 0 Å². The highest BCUT2D eigenvalue weighted by Crippen LogP contribution is 2.44. The molecule has 0 radical (unpaired) electrons. The summed E-state index contributed by atoms with van der Waals surface area (Å²) in [4.78, 5) is 18.1. The first-order valence-electron chi connectivity index (χ1n) is 4.97. The molecule has 0 bridgehead atoms. The summed E-state index contributed by atoms with van der Waals surface area (Å²) in [5, 5.41) is 10.0. The molecule has 3 rings (SSSR count). The van der Waals surface area contributed by atoms with Gasteiger partial charge in [-0.25, -0.2) is 9.78 Å². The number of hydrogen-bond acceptors (Lipinski definition) is 2. The molecule has 1 fully saturated rings. The van der Waals surface area contributed by atoms with E-state index in [2.05, 4.69) is 9.97 Å². The average molecular weight is 202 g/mol. The van der Waals surface area contributed by atoms with E-state index >= 15 is 0 Å². The molecule has 0 atom stereocenters. The predicted octanol–water partition coefficient (Wildman–Crippen LogP) is 2.14. The molecule has 2 aromatic heterocycles. The monoisotopic (exact) mass is 202 g/mol. The van der Waals surface area contributed by atoms with E-state index in [1.54, 1.807) is 6.20 Å². The minimum atomic E-state index is -0.894. The van der Waals surface area contributed by atoms with Gasteiger partial charge in [0.1, 0.15) is 11.3 Å². The summed E-state index contributed by atoms with van der Waals surface area (Å²) in [6, 6.07) is 3.77. The Morgan fingerprint density at radius 2 is 2.33 bits per heavy atom. The first-order chi connectivity index (χ1) is 7.27. The van der Waals surface area contributed by atoms with E-state index in [1.807, 2.05) is 12.1 Å². The number of carboxylic acid groups (broad SMARTS) is 1. The van der Waals surface area contributed by atoms with E-state index in [0.717, 1.165) is 23.8 Å². The van der Waals surface area contributed by atoms with Gasteiger partial charge in [0.15, 0.2) is 0 Å². The molecule has 0 spiro atoms. The molecule has 1 aliphatic rings. The minimum Gasteiger partial charge on any atom is -0.477 e. The van der Waals surface area contributed by atoms with Crippen molar-refractivity contribution in [3.63, 3.8) is 0 Å². The summed E-state index contributed by atoms with van der Waals surface area (Å²) in [5.74, 6) is -0.482. The second-order valence-corrected chi connectivity index (χ2v) is 3.89. The third-order valence-electron chi connectivity index (χ3n) is 2.81. The number of carbonyl (C=O) groups is 1. The van der Waals surface area contributed by atoms with Crippen molar-refractivity contribution < 1.29 is 9.90 Å². The summed E-state index contributed by atoms with van der Waals surface area (Å²) in [5.41, 5.74) is 1.92. The lowest BCUT2D eigenvalue weighted by molar-refractivity contribution is 0.0690. The Morgan fingerprint density at radius 3 is 3.00 bits per heavy atom. The van der Waals surface area contributed by atoms with Crippen LogP contribution >= 0.6 is 0 Å². The number of aromatic nitrogens is 2. The third kappa shape index (κ3) is 1.21. The van der Waals surface area contributed by atoms with Crippen LogP contribution in [0.4, 0.5) is 0 Å². The van der Waals surface area contributed by atoms with E-state index in [4.69, 9.17) is 5.11 Å². The molecule has 0 aliphatic heterocycles. The van der Waals surface area contributed by atoms with Gasteiger partial charge in [0.05, 0.1) is 0 Å². The maximum atomic E-state index is 11.1. The lowest BCUT2D eigenvalue weighted by Crippen LogP contribution is -2.00. The van der Waals surface area contributed by atoms with Crippen LogP contribution in [0.2, 0.25) is 0 Å². The topological polar surface area (TPSA) is 66.0 Å². The molecule has 4 nitrogen and oxygen atoms in total. The fourth-order valence-corrected chi connectivity index (χ4v) is 2.01. The SMILES string of the molecule is O=C(O)c1[nH]c2ncccc2c1C1CC1. The number of hydrogen-bond donors (Lipinski definition) is 2. The molecule has 0 saturated heterocycles.